The van der Waals surface area contributed by atoms with Crippen LogP contribution in [0.25, 0.3) is 0 Å². The maximum atomic E-state index is 13.2. The summed E-state index contributed by atoms with van der Waals surface area (Å²) in [5.74, 6) is -0.00819. The summed E-state index contributed by atoms with van der Waals surface area (Å²) in [7, 11) is 0. The molecule has 1 unspecified atom stereocenters. The molecule has 21 heavy (non-hydrogen) atoms. The standard InChI is InChI=1S/C18H24N2O/c1-4-10-18(13-19,11-5-2)17(21)20-14(3)12-15-8-6-7-9-16(15)20/h6-9,14H,4-5,10-12H2,1-3H3. The van der Waals surface area contributed by atoms with Gasteiger partial charge < -0.3 is 4.90 Å². The number of nitriles is 1. The van der Waals surface area contributed by atoms with E-state index in [-0.39, 0.29) is 11.9 Å². The molecule has 0 fully saturated rings. The molecule has 0 saturated heterocycles. The molecule has 2 rings (SSSR count). The predicted octanol–water partition coefficient (Wildman–Crippen LogP) is 4.07. The zero-order valence-corrected chi connectivity index (χ0v) is 13.2. The highest BCUT2D eigenvalue weighted by Crippen LogP contribution is 2.39. The molecule has 0 aromatic heterocycles. The minimum atomic E-state index is -0.866. The summed E-state index contributed by atoms with van der Waals surface area (Å²) in [6, 6.07) is 10.5. The van der Waals surface area contributed by atoms with Gasteiger partial charge in [-0.2, -0.15) is 5.26 Å². The van der Waals surface area contributed by atoms with Gasteiger partial charge in [0.1, 0.15) is 5.41 Å². The van der Waals surface area contributed by atoms with Crippen LogP contribution in [-0.2, 0) is 11.2 Å². The van der Waals surface area contributed by atoms with Crippen LogP contribution in [0.15, 0.2) is 24.3 Å². The molecule has 3 nitrogen and oxygen atoms in total. The smallest absolute Gasteiger partial charge is 0.247 e. The van der Waals surface area contributed by atoms with Crippen molar-refractivity contribution in [2.24, 2.45) is 5.41 Å². The summed E-state index contributed by atoms with van der Waals surface area (Å²) in [4.78, 5) is 15.0. The van der Waals surface area contributed by atoms with E-state index in [1.54, 1.807) is 0 Å². The van der Waals surface area contributed by atoms with Crippen LogP contribution in [0.3, 0.4) is 0 Å². The van der Waals surface area contributed by atoms with Crippen molar-refractivity contribution in [3.8, 4) is 6.07 Å². The summed E-state index contributed by atoms with van der Waals surface area (Å²) in [5.41, 5.74) is 1.33. The van der Waals surface area contributed by atoms with Gasteiger partial charge in [-0.05, 0) is 37.8 Å². The Balaban J connectivity index is 2.40. The fraction of sp³-hybridized carbons (Fsp3) is 0.556. The number of fused-ring (bicyclic) bond motifs is 1. The van der Waals surface area contributed by atoms with E-state index in [4.69, 9.17) is 0 Å². The van der Waals surface area contributed by atoms with Gasteiger partial charge in [-0.15, -0.1) is 0 Å². The summed E-state index contributed by atoms with van der Waals surface area (Å²) in [6.07, 6.45) is 3.86. The minimum absolute atomic E-state index is 0.00819. The first-order valence-electron chi connectivity index (χ1n) is 7.92. The van der Waals surface area contributed by atoms with Gasteiger partial charge in [0.25, 0.3) is 0 Å². The first kappa shape index (κ1) is 15.6. The minimum Gasteiger partial charge on any atom is -0.308 e. The Morgan fingerprint density at radius 3 is 2.52 bits per heavy atom. The summed E-state index contributed by atoms with van der Waals surface area (Å²) < 4.78 is 0. The van der Waals surface area contributed by atoms with Crippen LogP contribution in [0.1, 0.15) is 52.0 Å². The van der Waals surface area contributed by atoms with Crippen molar-refractivity contribution in [2.45, 2.75) is 58.9 Å². The number of nitrogens with zero attached hydrogens (tertiary/aromatic N) is 2. The maximum Gasteiger partial charge on any atom is 0.247 e. The molecule has 0 N–H and O–H groups in total. The van der Waals surface area contributed by atoms with Crippen LogP contribution >= 0.6 is 0 Å². The lowest BCUT2D eigenvalue weighted by molar-refractivity contribution is -0.126. The van der Waals surface area contributed by atoms with Crippen molar-refractivity contribution in [3.05, 3.63) is 29.8 Å². The van der Waals surface area contributed by atoms with Gasteiger partial charge in [0.15, 0.2) is 0 Å². The Morgan fingerprint density at radius 2 is 1.95 bits per heavy atom. The molecule has 1 aliphatic rings. The topological polar surface area (TPSA) is 44.1 Å². The highest BCUT2D eigenvalue weighted by atomic mass is 16.2. The van der Waals surface area contributed by atoms with Crippen LogP contribution in [0, 0.1) is 16.7 Å². The monoisotopic (exact) mass is 284 g/mol. The molecule has 1 aliphatic heterocycles. The lowest BCUT2D eigenvalue weighted by Gasteiger charge is -2.32. The molecule has 3 heteroatoms. The molecule has 0 radical (unpaired) electrons. The summed E-state index contributed by atoms with van der Waals surface area (Å²) in [5, 5.41) is 9.71. The summed E-state index contributed by atoms with van der Waals surface area (Å²) in [6.45, 7) is 6.14. The number of hydrogen-bond acceptors (Lipinski definition) is 2. The van der Waals surface area contributed by atoms with E-state index in [0.717, 1.165) is 24.9 Å². The number of benzene rings is 1. The number of amides is 1. The van der Waals surface area contributed by atoms with Crippen LogP contribution in [0.4, 0.5) is 5.69 Å². The Hall–Kier alpha value is -1.82. The molecule has 112 valence electrons. The largest absolute Gasteiger partial charge is 0.308 e. The third-order valence-electron chi connectivity index (χ3n) is 4.40. The number of para-hydroxylation sites is 1. The Kier molecular flexibility index (Phi) is 4.67. The van der Waals surface area contributed by atoms with E-state index in [1.807, 2.05) is 36.9 Å². The van der Waals surface area contributed by atoms with Crippen LogP contribution in [0.2, 0.25) is 0 Å². The highest BCUT2D eigenvalue weighted by molar-refractivity contribution is 6.01. The van der Waals surface area contributed by atoms with Crippen molar-refractivity contribution in [1.82, 2.24) is 0 Å². The molecule has 1 aromatic carbocycles. The Bertz CT molecular complexity index is 553. The zero-order chi connectivity index (χ0) is 15.5. The van der Waals surface area contributed by atoms with E-state index in [9.17, 15) is 10.1 Å². The van der Waals surface area contributed by atoms with Crippen molar-refractivity contribution in [3.63, 3.8) is 0 Å². The second kappa shape index (κ2) is 6.30. The van der Waals surface area contributed by atoms with Gasteiger partial charge in [-0.3, -0.25) is 4.79 Å². The number of rotatable bonds is 5. The third kappa shape index (κ3) is 2.68. The quantitative estimate of drug-likeness (QED) is 0.818. The van der Waals surface area contributed by atoms with E-state index in [0.29, 0.717) is 12.8 Å². The number of carbonyl (C=O) groups excluding carboxylic acids is 1. The maximum absolute atomic E-state index is 13.2. The number of anilines is 1. The molecule has 0 spiro atoms. The number of carbonyl (C=O) groups is 1. The normalized spacial score (nSPS) is 17.4. The van der Waals surface area contributed by atoms with Crippen LogP contribution in [-0.4, -0.2) is 11.9 Å². The fourth-order valence-electron chi connectivity index (χ4n) is 3.46. The second-order valence-corrected chi connectivity index (χ2v) is 6.05. The molecule has 0 saturated carbocycles. The second-order valence-electron chi connectivity index (χ2n) is 6.05. The Labute approximate surface area is 127 Å². The van der Waals surface area contributed by atoms with Crippen LogP contribution < -0.4 is 4.90 Å². The SMILES string of the molecule is CCCC(C#N)(CCC)C(=O)N1c2ccccc2CC1C. The van der Waals surface area contributed by atoms with Crippen molar-refractivity contribution in [2.75, 3.05) is 4.90 Å². The lowest BCUT2D eigenvalue weighted by Crippen LogP contribution is -2.46. The van der Waals surface area contributed by atoms with E-state index < -0.39 is 5.41 Å². The van der Waals surface area contributed by atoms with Gasteiger partial charge in [0.05, 0.1) is 6.07 Å². The van der Waals surface area contributed by atoms with Gasteiger partial charge >= 0.3 is 0 Å². The first-order chi connectivity index (χ1) is 10.1. The van der Waals surface area contributed by atoms with Crippen LogP contribution in [0.5, 0.6) is 0 Å². The Morgan fingerprint density at radius 1 is 1.33 bits per heavy atom. The lowest BCUT2D eigenvalue weighted by atomic mass is 9.79. The average molecular weight is 284 g/mol. The predicted molar refractivity (Wildman–Crippen MR) is 85.0 cm³/mol. The zero-order valence-electron chi connectivity index (χ0n) is 13.2. The molecule has 1 heterocycles. The first-order valence-corrected chi connectivity index (χ1v) is 7.92. The molecule has 1 amide bonds. The van der Waals surface area contributed by atoms with E-state index >= 15 is 0 Å². The van der Waals surface area contributed by atoms with Gasteiger partial charge in [0.2, 0.25) is 5.91 Å². The molecular formula is C18H24N2O. The van der Waals surface area contributed by atoms with Crippen molar-refractivity contribution >= 4 is 11.6 Å². The highest BCUT2D eigenvalue weighted by Gasteiger charge is 2.44. The molecule has 0 bridgehead atoms. The third-order valence-corrected chi connectivity index (χ3v) is 4.40. The average Bonchev–Trinajstić information content (AvgIpc) is 2.81. The van der Waals surface area contributed by atoms with Crippen molar-refractivity contribution in [1.29, 1.82) is 5.26 Å². The van der Waals surface area contributed by atoms with Gasteiger partial charge in [0, 0.05) is 11.7 Å². The van der Waals surface area contributed by atoms with Gasteiger partial charge in [-0.25, -0.2) is 0 Å². The number of hydrogen-bond donors (Lipinski definition) is 0. The van der Waals surface area contributed by atoms with E-state index in [2.05, 4.69) is 19.1 Å². The molecular weight excluding hydrogens is 260 g/mol. The fourth-order valence-corrected chi connectivity index (χ4v) is 3.46. The van der Waals surface area contributed by atoms with E-state index in [1.165, 1.54) is 5.56 Å². The molecule has 1 aromatic rings. The molecule has 1 atom stereocenters. The van der Waals surface area contributed by atoms with Crippen molar-refractivity contribution < 1.29 is 4.79 Å². The summed E-state index contributed by atoms with van der Waals surface area (Å²) >= 11 is 0. The molecule has 0 aliphatic carbocycles. The van der Waals surface area contributed by atoms with Gasteiger partial charge in [-0.1, -0.05) is 44.9 Å².